The summed E-state index contributed by atoms with van der Waals surface area (Å²) in [6.07, 6.45) is 3.50. The van der Waals surface area contributed by atoms with Gasteiger partial charge < -0.3 is 15.5 Å². The molecule has 1 saturated heterocycles. The number of hydrogen-bond donors (Lipinski definition) is 2. The Bertz CT molecular complexity index is 1060. The zero-order valence-corrected chi connectivity index (χ0v) is 19.6. The predicted molar refractivity (Wildman–Crippen MR) is 131 cm³/mol. The number of anilines is 1. The van der Waals surface area contributed by atoms with Crippen LogP contribution in [0.5, 0.6) is 0 Å². The fraction of sp³-hybridized carbons (Fsp3) is 0.360. The van der Waals surface area contributed by atoms with E-state index in [0.29, 0.717) is 12.2 Å². The lowest BCUT2D eigenvalue weighted by Crippen LogP contribution is -2.39. The van der Waals surface area contributed by atoms with E-state index in [4.69, 9.17) is 0 Å². The van der Waals surface area contributed by atoms with Crippen molar-refractivity contribution in [2.75, 3.05) is 31.5 Å². The average Bonchev–Trinajstić information content (AvgIpc) is 3.33. The van der Waals surface area contributed by atoms with Crippen LogP contribution in [-0.4, -0.2) is 53.1 Å². The van der Waals surface area contributed by atoms with Crippen LogP contribution >= 0.6 is 11.3 Å². The van der Waals surface area contributed by atoms with E-state index in [1.807, 2.05) is 31.2 Å². The first kappa shape index (κ1) is 23.1. The second kappa shape index (κ2) is 11.2. The van der Waals surface area contributed by atoms with E-state index >= 15 is 0 Å². The highest BCUT2D eigenvalue weighted by molar-refractivity contribution is 7.15. The molecule has 0 aliphatic carbocycles. The van der Waals surface area contributed by atoms with Crippen molar-refractivity contribution in [2.45, 2.75) is 26.2 Å². The number of rotatable bonds is 8. The number of likely N-dealkylation sites (tertiary alicyclic amines) is 1. The highest BCUT2D eigenvalue weighted by Crippen LogP contribution is 2.21. The first-order valence-electron chi connectivity index (χ1n) is 11.3. The fourth-order valence-electron chi connectivity index (χ4n) is 3.99. The molecule has 2 heterocycles. The van der Waals surface area contributed by atoms with Gasteiger partial charge in [0.1, 0.15) is 0 Å². The minimum atomic E-state index is -0.367. The summed E-state index contributed by atoms with van der Waals surface area (Å²) in [7, 11) is 0. The van der Waals surface area contributed by atoms with Crippen LogP contribution < -0.4 is 10.6 Å². The van der Waals surface area contributed by atoms with Gasteiger partial charge in [0.2, 0.25) is 10.0 Å². The Labute approximate surface area is 198 Å². The van der Waals surface area contributed by atoms with Gasteiger partial charge in [-0.15, -0.1) is 10.2 Å². The smallest absolute Gasteiger partial charge is 0.286 e. The SMILES string of the molecule is Cc1ccc(NC(=O)c2nnc(C(=O)NCCN3CCC(Cc4ccccc4)CC3)s2)cc1. The molecule has 2 N–H and O–H groups in total. The molecule has 2 aromatic carbocycles. The van der Waals surface area contributed by atoms with Crippen molar-refractivity contribution in [3.8, 4) is 0 Å². The molecule has 0 saturated carbocycles. The van der Waals surface area contributed by atoms with Crippen LogP contribution in [0.3, 0.4) is 0 Å². The Kier molecular flexibility index (Phi) is 7.80. The number of aryl methyl sites for hydroxylation is 1. The first-order chi connectivity index (χ1) is 16.1. The number of piperidine rings is 1. The number of carbonyl (C=O) groups is 2. The molecule has 33 heavy (non-hydrogen) atoms. The van der Waals surface area contributed by atoms with Crippen LogP contribution in [0.2, 0.25) is 0 Å². The Balaban J connectivity index is 1.17. The lowest BCUT2D eigenvalue weighted by molar-refractivity contribution is 0.0941. The van der Waals surface area contributed by atoms with E-state index in [-0.39, 0.29) is 21.8 Å². The van der Waals surface area contributed by atoms with E-state index < -0.39 is 0 Å². The minimum absolute atomic E-state index is 0.168. The molecule has 1 fully saturated rings. The van der Waals surface area contributed by atoms with Crippen LogP contribution in [0.4, 0.5) is 5.69 Å². The van der Waals surface area contributed by atoms with Gasteiger partial charge in [0.05, 0.1) is 0 Å². The standard InChI is InChI=1S/C25H29N5O2S/c1-18-7-9-21(10-8-18)27-23(32)25-29-28-24(33-25)22(31)26-13-16-30-14-11-20(12-15-30)17-19-5-3-2-4-6-19/h2-10,20H,11-17H2,1H3,(H,26,31)(H,27,32). The van der Waals surface area contributed by atoms with E-state index in [0.717, 1.165) is 48.9 Å². The topological polar surface area (TPSA) is 87.2 Å². The molecule has 1 aromatic heterocycles. The number of nitrogens with zero attached hydrogens (tertiary/aromatic N) is 3. The molecule has 7 nitrogen and oxygen atoms in total. The van der Waals surface area contributed by atoms with Crippen molar-refractivity contribution in [1.82, 2.24) is 20.4 Å². The van der Waals surface area contributed by atoms with Gasteiger partial charge in [-0.05, 0) is 62.9 Å². The molecule has 0 radical (unpaired) electrons. The van der Waals surface area contributed by atoms with Crippen LogP contribution in [0.25, 0.3) is 0 Å². The minimum Gasteiger partial charge on any atom is -0.349 e. The van der Waals surface area contributed by atoms with Crippen LogP contribution in [0.1, 0.15) is 43.6 Å². The van der Waals surface area contributed by atoms with Gasteiger partial charge in [0.25, 0.3) is 11.8 Å². The van der Waals surface area contributed by atoms with Crippen molar-refractivity contribution in [2.24, 2.45) is 5.92 Å². The molecule has 0 spiro atoms. The van der Waals surface area contributed by atoms with Gasteiger partial charge in [-0.2, -0.15) is 0 Å². The number of aromatic nitrogens is 2. The maximum Gasteiger partial charge on any atom is 0.286 e. The van der Waals surface area contributed by atoms with E-state index in [1.54, 1.807) is 0 Å². The van der Waals surface area contributed by atoms with Crippen LogP contribution in [0, 0.1) is 12.8 Å². The normalized spacial score (nSPS) is 14.7. The van der Waals surface area contributed by atoms with E-state index in [1.165, 1.54) is 18.4 Å². The maximum atomic E-state index is 12.4. The highest BCUT2D eigenvalue weighted by atomic mass is 32.1. The number of benzene rings is 2. The molecule has 1 aliphatic heterocycles. The zero-order chi connectivity index (χ0) is 23.0. The van der Waals surface area contributed by atoms with Crippen molar-refractivity contribution < 1.29 is 9.59 Å². The third kappa shape index (κ3) is 6.69. The Morgan fingerprint density at radius 1 is 0.970 bits per heavy atom. The zero-order valence-electron chi connectivity index (χ0n) is 18.8. The van der Waals surface area contributed by atoms with Crippen molar-refractivity contribution in [3.63, 3.8) is 0 Å². The monoisotopic (exact) mass is 463 g/mol. The molecule has 3 aromatic rings. The summed E-state index contributed by atoms with van der Waals surface area (Å²) in [5, 5.41) is 13.8. The number of nitrogens with one attached hydrogen (secondary N) is 2. The second-order valence-corrected chi connectivity index (χ2v) is 9.44. The van der Waals surface area contributed by atoms with Gasteiger partial charge in [0, 0.05) is 18.8 Å². The lowest BCUT2D eigenvalue weighted by Gasteiger charge is -2.32. The van der Waals surface area contributed by atoms with Crippen LogP contribution in [-0.2, 0) is 6.42 Å². The number of amides is 2. The Morgan fingerprint density at radius 3 is 2.33 bits per heavy atom. The summed E-state index contributed by atoms with van der Waals surface area (Å²) >= 11 is 0.999. The summed E-state index contributed by atoms with van der Waals surface area (Å²) in [6, 6.07) is 18.2. The van der Waals surface area contributed by atoms with E-state index in [9.17, 15) is 9.59 Å². The molecule has 8 heteroatoms. The number of hydrogen-bond acceptors (Lipinski definition) is 6. The molecule has 2 amide bonds. The van der Waals surface area contributed by atoms with Gasteiger partial charge in [-0.1, -0.05) is 59.4 Å². The Morgan fingerprint density at radius 2 is 1.64 bits per heavy atom. The quantitative estimate of drug-likeness (QED) is 0.531. The average molecular weight is 464 g/mol. The second-order valence-electron chi connectivity index (χ2n) is 8.46. The molecular formula is C25H29N5O2S. The third-order valence-corrected chi connectivity index (χ3v) is 6.83. The van der Waals surface area contributed by atoms with Gasteiger partial charge in [0.15, 0.2) is 0 Å². The summed E-state index contributed by atoms with van der Waals surface area (Å²) in [5.41, 5.74) is 3.20. The molecule has 0 bridgehead atoms. The highest BCUT2D eigenvalue weighted by Gasteiger charge is 2.20. The van der Waals surface area contributed by atoms with Gasteiger partial charge >= 0.3 is 0 Å². The molecule has 0 atom stereocenters. The molecule has 4 rings (SSSR count). The summed E-state index contributed by atoms with van der Waals surface area (Å²) in [4.78, 5) is 27.2. The predicted octanol–water partition coefficient (Wildman–Crippen LogP) is 3.78. The summed E-state index contributed by atoms with van der Waals surface area (Å²) < 4.78 is 0. The maximum absolute atomic E-state index is 12.4. The number of carbonyl (C=O) groups excluding carboxylic acids is 2. The largest absolute Gasteiger partial charge is 0.349 e. The summed E-state index contributed by atoms with van der Waals surface area (Å²) in [6.45, 7) is 5.44. The Hall–Kier alpha value is -3.10. The van der Waals surface area contributed by atoms with E-state index in [2.05, 4.69) is 56.1 Å². The molecular weight excluding hydrogens is 434 g/mol. The third-order valence-electron chi connectivity index (χ3n) is 5.91. The van der Waals surface area contributed by atoms with Crippen molar-refractivity contribution in [3.05, 3.63) is 75.7 Å². The fourth-order valence-corrected chi connectivity index (χ4v) is 4.65. The summed E-state index contributed by atoms with van der Waals surface area (Å²) in [5.74, 6) is 0.0683. The van der Waals surface area contributed by atoms with Gasteiger partial charge in [-0.3, -0.25) is 9.59 Å². The van der Waals surface area contributed by atoms with Crippen molar-refractivity contribution >= 4 is 28.8 Å². The lowest BCUT2D eigenvalue weighted by atomic mass is 9.90. The van der Waals surface area contributed by atoms with Crippen molar-refractivity contribution in [1.29, 1.82) is 0 Å². The van der Waals surface area contributed by atoms with Gasteiger partial charge in [-0.25, -0.2) is 0 Å². The molecule has 0 unspecified atom stereocenters. The van der Waals surface area contributed by atoms with Crippen LogP contribution in [0.15, 0.2) is 54.6 Å². The molecule has 172 valence electrons. The molecule has 1 aliphatic rings. The first-order valence-corrected chi connectivity index (χ1v) is 12.1.